The van der Waals surface area contributed by atoms with Gasteiger partial charge in [0.05, 0.1) is 0 Å². The van der Waals surface area contributed by atoms with Crippen molar-refractivity contribution >= 4 is 23.2 Å². The van der Waals surface area contributed by atoms with Gasteiger partial charge in [-0.05, 0) is 50.1 Å². The highest BCUT2D eigenvalue weighted by Crippen LogP contribution is 2.27. The summed E-state index contributed by atoms with van der Waals surface area (Å²) in [5.74, 6) is 0.0476. The van der Waals surface area contributed by atoms with Gasteiger partial charge in [0, 0.05) is 30.3 Å². The van der Waals surface area contributed by atoms with E-state index in [9.17, 15) is 9.59 Å². The third-order valence-electron chi connectivity index (χ3n) is 3.88. The van der Waals surface area contributed by atoms with Gasteiger partial charge in [0.25, 0.3) is 0 Å². The number of hydrogen-bond donors (Lipinski definition) is 2. The lowest BCUT2D eigenvalue weighted by Gasteiger charge is -2.19. The summed E-state index contributed by atoms with van der Waals surface area (Å²) >= 11 is 0. The lowest BCUT2D eigenvalue weighted by molar-refractivity contribution is -0.119. The second-order valence-electron chi connectivity index (χ2n) is 5.62. The Morgan fingerprint density at radius 2 is 2.24 bits per heavy atom. The van der Waals surface area contributed by atoms with Gasteiger partial charge in [-0.1, -0.05) is 6.92 Å². The van der Waals surface area contributed by atoms with Crippen molar-refractivity contribution in [1.82, 2.24) is 0 Å². The van der Waals surface area contributed by atoms with Crippen LogP contribution in [-0.4, -0.2) is 24.9 Å². The number of rotatable bonds is 5. The molecule has 0 saturated carbocycles. The Labute approximate surface area is 125 Å². The first-order valence-corrected chi connectivity index (χ1v) is 7.45. The van der Waals surface area contributed by atoms with Crippen LogP contribution < -0.4 is 16.0 Å². The van der Waals surface area contributed by atoms with Crippen LogP contribution in [0.5, 0.6) is 0 Å². The summed E-state index contributed by atoms with van der Waals surface area (Å²) in [6, 6.07) is 5.66. The number of nitrogens with zero attached hydrogens (tertiary/aromatic N) is 1. The van der Waals surface area contributed by atoms with Crippen LogP contribution in [-0.2, 0) is 9.59 Å². The molecule has 21 heavy (non-hydrogen) atoms. The maximum atomic E-state index is 12.0. The van der Waals surface area contributed by atoms with E-state index in [1.807, 2.05) is 36.9 Å². The summed E-state index contributed by atoms with van der Waals surface area (Å²) < 4.78 is 0. The number of carbonyl (C=O) groups excluding carboxylic acids is 2. The first kappa shape index (κ1) is 15.5. The fourth-order valence-corrected chi connectivity index (χ4v) is 2.59. The van der Waals surface area contributed by atoms with E-state index in [1.54, 1.807) is 0 Å². The maximum absolute atomic E-state index is 12.0. The molecule has 0 radical (unpaired) electrons. The molecule has 1 saturated heterocycles. The fourth-order valence-electron chi connectivity index (χ4n) is 2.59. The SMILES string of the molecule is Cc1cc(NC(=O)C(C)CCN)ccc1N1CCCC1=O. The summed E-state index contributed by atoms with van der Waals surface area (Å²) in [5, 5.41) is 2.90. The molecule has 1 aliphatic rings. The van der Waals surface area contributed by atoms with Crippen LogP contribution in [0.2, 0.25) is 0 Å². The molecule has 0 aromatic heterocycles. The number of carbonyl (C=O) groups is 2. The summed E-state index contributed by atoms with van der Waals surface area (Å²) in [4.78, 5) is 25.6. The van der Waals surface area contributed by atoms with E-state index in [0.717, 1.165) is 29.9 Å². The molecular formula is C16H23N3O2. The first-order valence-electron chi connectivity index (χ1n) is 7.45. The summed E-state index contributed by atoms with van der Waals surface area (Å²) in [7, 11) is 0. The molecule has 1 aromatic rings. The van der Waals surface area contributed by atoms with Crippen LogP contribution in [0.25, 0.3) is 0 Å². The topological polar surface area (TPSA) is 75.4 Å². The van der Waals surface area contributed by atoms with Crippen LogP contribution in [0.4, 0.5) is 11.4 Å². The average Bonchev–Trinajstić information content (AvgIpc) is 2.85. The number of hydrogen-bond acceptors (Lipinski definition) is 3. The van der Waals surface area contributed by atoms with Gasteiger partial charge in [0.15, 0.2) is 0 Å². The lowest BCUT2D eigenvalue weighted by Crippen LogP contribution is -2.25. The molecule has 3 N–H and O–H groups in total. The van der Waals surface area contributed by atoms with E-state index < -0.39 is 0 Å². The standard InChI is InChI=1S/C16H23N3O2/c1-11(7-8-17)16(21)18-13-5-6-14(12(2)10-13)19-9-3-4-15(19)20/h5-6,10-11H,3-4,7-9,17H2,1-2H3,(H,18,21). The van der Waals surface area contributed by atoms with Crippen molar-refractivity contribution in [2.24, 2.45) is 11.7 Å². The van der Waals surface area contributed by atoms with Crippen molar-refractivity contribution in [3.63, 3.8) is 0 Å². The number of anilines is 2. The van der Waals surface area contributed by atoms with Gasteiger partial charge in [-0.15, -0.1) is 0 Å². The molecule has 0 aliphatic carbocycles. The minimum atomic E-state index is -0.102. The average molecular weight is 289 g/mol. The van der Waals surface area contributed by atoms with Gasteiger partial charge in [0.2, 0.25) is 11.8 Å². The van der Waals surface area contributed by atoms with Crippen molar-refractivity contribution in [2.75, 3.05) is 23.3 Å². The van der Waals surface area contributed by atoms with Gasteiger partial charge in [-0.3, -0.25) is 9.59 Å². The molecule has 1 atom stereocenters. The van der Waals surface area contributed by atoms with Crippen molar-refractivity contribution in [2.45, 2.75) is 33.1 Å². The Hall–Kier alpha value is -1.88. The lowest BCUT2D eigenvalue weighted by atomic mass is 10.1. The Morgan fingerprint density at radius 1 is 1.48 bits per heavy atom. The van der Waals surface area contributed by atoms with Crippen LogP contribution in [0.1, 0.15) is 31.7 Å². The molecule has 1 aromatic carbocycles. The molecule has 1 unspecified atom stereocenters. The van der Waals surface area contributed by atoms with E-state index in [-0.39, 0.29) is 17.7 Å². The van der Waals surface area contributed by atoms with Crippen LogP contribution >= 0.6 is 0 Å². The van der Waals surface area contributed by atoms with E-state index in [1.165, 1.54) is 0 Å². The Morgan fingerprint density at radius 3 is 2.81 bits per heavy atom. The van der Waals surface area contributed by atoms with Gasteiger partial charge in [-0.25, -0.2) is 0 Å². The number of benzene rings is 1. The summed E-state index contributed by atoms with van der Waals surface area (Å²) in [6.45, 7) is 5.11. The van der Waals surface area contributed by atoms with E-state index in [2.05, 4.69) is 5.32 Å². The highest BCUT2D eigenvalue weighted by atomic mass is 16.2. The van der Waals surface area contributed by atoms with E-state index in [0.29, 0.717) is 19.4 Å². The molecule has 2 amide bonds. The molecule has 0 spiro atoms. The predicted octanol–water partition coefficient (Wildman–Crippen LogP) is 2.05. The Bertz CT molecular complexity index is 542. The Kier molecular flexibility index (Phi) is 4.96. The minimum Gasteiger partial charge on any atom is -0.330 e. The number of nitrogens with two attached hydrogens (primary N) is 1. The predicted molar refractivity (Wildman–Crippen MR) is 84.2 cm³/mol. The third kappa shape index (κ3) is 3.61. The quantitative estimate of drug-likeness (QED) is 0.871. The zero-order valence-electron chi connectivity index (χ0n) is 12.7. The highest BCUT2D eigenvalue weighted by molar-refractivity contribution is 5.97. The Balaban J connectivity index is 2.08. The first-order chi connectivity index (χ1) is 10.0. The summed E-state index contributed by atoms with van der Waals surface area (Å²) in [5.41, 5.74) is 8.16. The summed E-state index contributed by atoms with van der Waals surface area (Å²) in [6.07, 6.45) is 2.20. The zero-order valence-corrected chi connectivity index (χ0v) is 12.7. The molecule has 2 rings (SSSR count). The number of amides is 2. The van der Waals surface area contributed by atoms with Gasteiger partial charge in [0.1, 0.15) is 0 Å². The van der Waals surface area contributed by atoms with Gasteiger partial charge >= 0.3 is 0 Å². The van der Waals surface area contributed by atoms with Crippen molar-refractivity contribution < 1.29 is 9.59 Å². The second kappa shape index (κ2) is 6.72. The molecule has 5 nitrogen and oxygen atoms in total. The van der Waals surface area contributed by atoms with Gasteiger partial charge in [-0.2, -0.15) is 0 Å². The van der Waals surface area contributed by atoms with Crippen molar-refractivity contribution in [3.05, 3.63) is 23.8 Å². The third-order valence-corrected chi connectivity index (χ3v) is 3.88. The molecule has 1 heterocycles. The molecule has 0 bridgehead atoms. The van der Waals surface area contributed by atoms with E-state index >= 15 is 0 Å². The molecule has 5 heteroatoms. The van der Waals surface area contributed by atoms with E-state index in [4.69, 9.17) is 5.73 Å². The largest absolute Gasteiger partial charge is 0.330 e. The second-order valence-corrected chi connectivity index (χ2v) is 5.62. The van der Waals surface area contributed by atoms with Crippen LogP contribution in [0, 0.1) is 12.8 Å². The number of nitrogens with one attached hydrogen (secondary N) is 1. The highest BCUT2D eigenvalue weighted by Gasteiger charge is 2.23. The maximum Gasteiger partial charge on any atom is 0.227 e. The molecular weight excluding hydrogens is 266 g/mol. The fraction of sp³-hybridized carbons (Fsp3) is 0.500. The smallest absolute Gasteiger partial charge is 0.227 e. The number of aryl methyl sites for hydroxylation is 1. The molecule has 1 aliphatic heterocycles. The van der Waals surface area contributed by atoms with Gasteiger partial charge < -0.3 is 16.0 Å². The van der Waals surface area contributed by atoms with Crippen molar-refractivity contribution in [1.29, 1.82) is 0 Å². The monoisotopic (exact) mass is 289 g/mol. The van der Waals surface area contributed by atoms with Crippen LogP contribution in [0.15, 0.2) is 18.2 Å². The minimum absolute atomic E-state index is 0.0233. The normalized spacial score (nSPS) is 16.1. The zero-order chi connectivity index (χ0) is 15.4. The molecule has 114 valence electrons. The van der Waals surface area contributed by atoms with Crippen molar-refractivity contribution in [3.8, 4) is 0 Å². The molecule has 1 fully saturated rings. The van der Waals surface area contributed by atoms with Crippen LogP contribution in [0.3, 0.4) is 0 Å².